The molecule has 0 saturated heterocycles. The van der Waals surface area contributed by atoms with Gasteiger partial charge in [0.15, 0.2) is 0 Å². The molecule has 10 heteroatoms. The molecule has 0 saturated carbocycles. The fourth-order valence-corrected chi connectivity index (χ4v) is 8.74. The molecular weight excluding hydrogens is 795 g/mol. The number of fused-ring (bicyclic) bond motifs is 6. The van der Waals surface area contributed by atoms with Gasteiger partial charge in [-0.15, -0.1) is 0 Å². The minimum atomic E-state index is -4.88. The van der Waals surface area contributed by atoms with E-state index in [0.29, 0.717) is 77.0 Å². The van der Waals surface area contributed by atoms with Gasteiger partial charge in [-0.2, -0.15) is 36.9 Å². The number of rotatable bonds is 5. The van der Waals surface area contributed by atoms with Gasteiger partial charge in [-0.05, 0) is 101 Å². The van der Waals surface area contributed by atoms with Crippen molar-refractivity contribution < 1.29 is 26.3 Å². The van der Waals surface area contributed by atoms with E-state index in [1.54, 1.807) is 81.9 Å². The first-order valence-corrected chi connectivity index (χ1v) is 19.4. The molecule has 4 nitrogen and oxygen atoms in total. The smallest absolute Gasteiger partial charge is 0.309 e. The highest BCUT2D eigenvalue weighted by molar-refractivity contribution is 6.13. The molecule has 0 radical (unpaired) electrons. The Morgan fingerprint density at radius 2 is 0.806 bits per heavy atom. The molecule has 0 unspecified atom stereocenters. The summed E-state index contributed by atoms with van der Waals surface area (Å²) >= 11 is 0. The van der Waals surface area contributed by atoms with Gasteiger partial charge < -0.3 is 9.13 Å². The topological polar surface area (TPSA) is 57.4 Å². The van der Waals surface area contributed by atoms with E-state index in [4.69, 9.17) is 0 Å². The first-order chi connectivity index (χ1) is 29.9. The minimum Gasteiger partial charge on any atom is -0.309 e. The van der Waals surface area contributed by atoms with Crippen molar-refractivity contribution in [1.82, 2.24) is 9.13 Å². The molecule has 2 heterocycles. The average molecular weight is 823 g/mol. The van der Waals surface area contributed by atoms with Crippen molar-refractivity contribution >= 4 is 43.6 Å². The summed E-state index contributed by atoms with van der Waals surface area (Å²) in [6.45, 7) is 0. The first kappa shape index (κ1) is 38.1. The quantitative estimate of drug-likeness (QED) is 0.162. The molecule has 298 valence electrons. The molecule has 0 bridgehead atoms. The Bertz CT molecular complexity index is 3340. The molecule has 62 heavy (non-hydrogen) atoms. The highest BCUT2D eigenvalue weighted by Crippen LogP contribution is 2.47. The monoisotopic (exact) mass is 822 g/mol. The van der Waals surface area contributed by atoms with Crippen LogP contribution < -0.4 is 0 Å². The van der Waals surface area contributed by atoms with E-state index in [9.17, 15) is 23.7 Å². The second-order valence-electron chi connectivity index (χ2n) is 14.9. The van der Waals surface area contributed by atoms with Crippen molar-refractivity contribution in [3.05, 3.63) is 192 Å². The number of aromatic nitrogens is 2. The van der Waals surface area contributed by atoms with Crippen molar-refractivity contribution in [2.24, 2.45) is 0 Å². The van der Waals surface area contributed by atoms with Gasteiger partial charge in [0.1, 0.15) is 0 Å². The van der Waals surface area contributed by atoms with Crippen LogP contribution >= 0.6 is 0 Å². The zero-order valence-electron chi connectivity index (χ0n) is 32.2. The minimum absolute atomic E-state index is 0.0102. The highest BCUT2D eigenvalue weighted by Gasteiger charge is 2.35. The van der Waals surface area contributed by atoms with Gasteiger partial charge in [-0.1, -0.05) is 97.1 Å². The molecule has 10 aromatic rings. The lowest BCUT2D eigenvalue weighted by atomic mass is 9.96. The molecule has 2 aromatic heterocycles. The molecule has 0 aliphatic heterocycles. The average Bonchev–Trinajstić information content (AvgIpc) is 3.80. The highest BCUT2D eigenvalue weighted by atomic mass is 19.4. The van der Waals surface area contributed by atoms with Gasteiger partial charge in [-0.3, -0.25) is 0 Å². The molecule has 8 aromatic carbocycles. The summed E-state index contributed by atoms with van der Waals surface area (Å²) in [5.74, 6) is 0. The number of hydrogen-bond donors (Lipinski definition) is 0. The van der Waals surface area contributed by atoms with E-state index in [2.05, 4.69) is 12.1 Å². The fraction of sp³-hybridized carbons (Fsp3) is 0.0385. The first-order valence-electron chi connectivity index (χ1n) is 19.4. The number of hydrogen-bond acceptors (Lipinski definition) is 2. The van der Waals surface area contributed by atoms with Gasteiger partial charge in [0, 0.05) is 27.1 Å². The summed E-state index contributed by atoms with van der Waals surface area (Å²) in [7, 11) is 0. The lowest BCUT2D eigenvalue weighted by Crippen LogP contribution is -2.11. The summed E-state index contributed by atoms with van der Waals surface area (Å²) in [6.07, 6.45) is -9.64. The van der Waals surface area contributed by atoms with Crippen LogP contribution in [0.25, 0.3) is 88.4 Å². The number of nitriles is 2. The summed E-state index contributed by atoms with van der Waals surface area (Å²) in [5.41, 5.74) is 3.94. The van der Waals surface area contributed by atoms with Crippen LogP contribution in [0.2, 0.25) is 0 Å². The maximum Gasteiger partial charge on any atom is 0.416 e. The van der Waals surface area contributed by atoms with Crippen molar-refractivity contribution in [1.29, 1.82) is 10.5 Å². The third kappa shape index (κ3) is 6.15. The largest absolute Gasteiger partial charge is 0.416 e. The predicted molar refractivity (Wildman–Crippen MR) is 231 cm³/mol. The van der Waals surface area contributed by atoms with Crippen molar-refractivity contribution in [2.45, 2.75) is 12.4 Å². The molecule has 10 rings (SSSR count). The Labute approximate surface area is 350 Å². The third-order valence-electron chi connectivity index (χ3n) is 11.4. The van der Waals surface area contributed by atoms with Crippen molar-refractivity contribution in [2.75, 3.05) is 0 Å². The Morgan fingerprint density at radius 1 is 0.371 bits per heavy atom. The lowest BCUT2D eigenvalue weighted by Gasteiger charge is -2.23. The van der Waals surface area contributed by atoms with Crippen LogP contribution in [0.5, 0.6) is 0 Å². The van der Waals surface area contributed by atoms with Crippen molar-refractivity contribution in [3.8, 4) is 56.9 Å². The SMILES string of the molecule is N#Cc1ccccc1-c1ccc2c(c1)c1ccccc1n2-c1cc(C(F)(F)F)cc(-n2c3ccccc3c3cc(-c4ccccc4C#N)ccc32)c1-c1cccc(C(F)(F)F)c1. The Balaban J connectivity index is 1.36. The number of benzene rings is 8. The van der Waals surface area contributed by atoms with Crippen LogP contribution in [-0.4, -0.2) is 9.13 Å². The Kier molecular flexibility index (Phi) is 8.79. The van der Waals surface area contributed by atoms with Gasteiger partial charge in [-0.25, -0.2) is 0 Å². The normalized spacial score (nSPS) is 12.0. The number of nitrogens with zero attached hydrogens (tertiary/aromatic N) is 4. The van der Waals surface area contributed by atoms with E-state index in [1.807, 2.05) is 60.7 Å². The van der Waals surface area contributed by atoms with Gasteiger partial charge in [0.05, 0.1) is 67.8 Å². The zero-order chi connectivity index (χ0) is 42.9. The maximum absolute atomic E-state index is 15.4. The van der Waals surface area contributed by atoms with E-state index < -0.39 is 23.5 Å². The van der Waals surface area contributed by atoms with Crippen LogP contribution in [-0.2, 0) is 12.4 Å². The molecule has 0 fully saturated rings. The van der Waals surface area contributed by atoms with Gasteiger partial charge in [0.2, 0.25) is 0 Å². The summed E-state index contributed by atoms with van der Waals surface area (Å²) < 4.78 is 93.4. The van der Waals surface area contributed by atoms with Crippen molar-refractivity contribution in [3.63, 3.8) is 0 Å². The molecular formula is C52H28F6N4. The van der Waals surface area contributed by atoms with Crippen LogP contribution in [0.3, 0.4) is 0 Å². The van der Waals surface area contributed by atoms with E-state index in [0.717, 1.165) is 24.3 Å². The second kappa shape index (κ2) is 14.3. The molecule has 0 aliphatic rings. The molecule has 0 aliphatic carbocycles. The van der Waals surface area contributed by atoms with Crippen LogP contribution in [0, 0.1) is 22.7 Å². The van der Waals surface area contributed by atoms with Gasteiger partial charge in [0.25, 0.3) is 0 Å². The van der Waals surface area contributed by atoms with E-state index in [1.165, 1.54) is 12.1 Å². The molecule has 0 N–H and O–H groups in total. The molecule has 0 atom stereocenters. The van der Waals surface area contributed by atoms with Crippen LogP contribution in [0.1, 0.15) is 22.3 Å². The molecule has 0 amide bonds. The van der Waals surface area contributed by atoms with Crippen LogP contribution in [0.15, 0.2) is 170 Å². The second-order valence-corrected chi connectivity index (χ2v) is 14.9. The standard InChI is InChI=1S/C52H28F6N4/c53-51(54,55)36-13-9-12-33(24-36)50-48(61-44-18-7-5-16-40(44)42-25-31(20-22-46(42)61)38-14-3-1-10-34(38)29-59)27-37(52(56,57)58)28-49(50)62-45-19-8-6-17-41(45)43-26-32(21-23-47(43)62)39-15-4-2-11-35(39)30-60/h1-28H. The van der Waals surface area contributed by atoms with Gasteiger partial charge >= 0.3 is 12.4 Å². The number of para-hydroxylation sites is 2. The Morgan fingerprint density at radius 3 is 1.27 bits per heavy atom. The zero-order valence-corrected chi connectivity index (χ0v) is 32.2. The van der Waals surface area contributed by atoms with E-state index in [-0.39, 0.29) is 22.5 Å². The summed E-state index contributed by atoms with van der Waals surface area (Å²) in [5, 5.41) is 22.5. The Hall–Kier alpha value is -8.08. The predicted octanol–water partition coefficient (Wildman–Crippen LogP) is 14.7. The van der Waals surface area contributed by atoms with E-state index >= 15 is 13.2 Å². The molecule has 0 spiro atoms. The summed E-state index contributed by atoms with van der Waals surface area (Å²) in [4.78, 5) is 0. The number of alkyl halides is 6. The maximum atomic E-state index is 15.4. The summed E-state index contributed by atoms with van der Waals surface area (Å²) in [6, 6.07) is 50.6. The fourth-order valence-electron chi connectivity index (χ4n) is 8.74. The third-order valence-corrected chi connectivity index (χ3v) is 11.4. The van der Waals surface area contributed by atoms with Crippen LogP contribution in [0.4, 0.5) is 26.3 Å². The number of halogens is 6. The lowest BCUT2D eigenvalue weighted by molar-refractivity contribution is -0.138.